The molecule has 0 unspecified atom stereocenters. The molecule has 1 saturated carbocycles. The average molecular weight is 190 g/mol. The molecule has 14 heavy (non-hydrogen) atoms. The fourth-order valence-corrected chi connectivity index (χ4v) is 1.57. The van der Waals surface area contributed by atoms with E-state index >= 15 is 0 Å². The van der Waals surface area contributed by atoms with E-state index in [1.807, 2.05) is 25.1 Å². The molecular formula is C11H14N2O. The number of carbonyl (C=O) groups excluding carboxylic acids is 1. The maximum Gasteiger partial charge on any atom is 0.220 e. The fourth-order valence-electron chi connectivity index (χ4n) is 1.57. The van der Waals surface area contributed by atoms with Crippen molar-refractivity contribution in [3.05, 3.63) is 30.1 Å². The van der Waals surface area contributed by atoms with Crippen LogP contribution in [0.5, 0.6) is 0 Å². The van der Waals surface area contributed by atoms with Crippen LogP contribution in [-0.2, 0) is 10.3 Å². The first-order valence-electron chi connectivity index (χ1n) is 4.99. The molecule has 0 bridgehead atoms. The number of aromatic nitrogens is 1. The lowest BCUT2D eigenvalue weighted by Crippen LogP contribution is -2.34. The van der Waals surface area contributed by atoms with Gasteiger partial charge in [0.15, 0.2) is 0 Å². The molecule has 3 heteroatoms. The van der Waals surface area contributed by atoms with Gasteiger partial charge >= 0.3 is 0 Å². The van der Waals surface area contributed by atoms with Crippen LogP contribution in [0.15, 0.2) is 24.4 Å². The van der Waals surface area contributed by atoms with Gasteiger partial charge in [-0.1, -0.05) is 13.0 Å². The van der Waals surface area contributed by atoms with Gasteiger partial charge in [-0.15, -0.1) is 0 Å². The minimum absolute atomic E-state index is 0.105. The van der Waals surface area contributed by atoms with Gasteiger partial charge in [-0.3, -0.25) is 9.78 Å². The van der Waals surface area contributed by atoms with E-state index in [1.165, 1.54) is 0 Å². The lowest BCUT2D eigenvalue weighted by molar-refractivity contribution is -0.121. The predicted octanol–water partition coefficient (Wildman–Crippen LogP) is 1.60. The third-order valence-electron chi connectivity index (χ3n) is 2.61. The van der Waals surface area contributed by atoms with E-state index in [0.29, 0.717) is 6.42 Å². The monoisotopic (exact) mass is 190 g/mol. The van der Waals surface area contributed by atoms with E-state index in [4.69, 9.17) is 0 Å². The highest BCUT2D eigenvalue weighted by atomic mass is 16.1. The van der Waals surface area contributed by atoms with Crippen LogP contribution in [0.3, 0.4) is 0 Å². The molecule has 2 rings (SSSR count). The Morgan fingerprint density at radius 3 is 2.86 bits per heavy atom. The van der Waals surface area contributed by atoms with Crippen molar-refractivity contribution in [1.29, 1.82) is 0 Å². The number of amides is 1. The van der Waals surface area contributed by atoms with Crippen molar-refractivity contribution >= 4 is 5.91 Å². The van der Waals surface area contributed by atoms with Crippen molar-refractivity contribution in [2.75, 3.05) is 0 Å². The van der Waals surface area contributed by atoms with Gasteiger partial charge in [0.1, 0.15) is 0 Å². The molecule has 1 aliphatic carbocycles. The molecule has 1 aliphatic rings. The zero-order valence-electron chi connectivity index (χ0n) is 8.29. The second-order valence-electron chi connectivity index (χ2n) is 3.70. The Morgan fingerprint density at radius 2 is 2.36 bits per heavy atom. The van der Waals surface area contributed by atoms with Crippen LogP contribution in [0.2, 0.25) is 0 Å². The Morgan fingerprint density at radius 1 is 1.57 bits per heavy atom. The molecule has 1 N–H and O–H groups in total. The normalized spacial score (nSPS) is 17.5. The maximum atomic E-state index is 11.3. The Balaban J connectivity index is 2.14. The van der Waals surface area contributed by atoms with E-state index in [2.05, 4.69) is 10.3 Å². The van der Waals surface area contributed by atoms with Crippen LogP contribution in [0, 0.1) is 0 Å². The molecular weight excluding hydrogens is 176 g/mol. The first kappa shape index (κ1) is 9.19. The van der Waals surface area contributed by atoms with Crippen LogP contribution in [0.4, 0.5) is 0 Å². The number of hydrogen-bond acceptors (Lipinski definition) is 2. The van der Waals surface area contributed by atoms with Gasteiger partial charge in [0, 0.05) is 12.6 Å². The molecule has 3 nitrogen and oxygen atoms in total. The summed E-state index contributed by atoms with van der Waals surface area (Å²) in [7, 11) is 0. The zero-order valence-corrected chi connectivity index (χ0v) is 8.29. The average Bonchev–Trinajstić information content (AvgIpc) is 3.00. The summed E-state index contributed by atoms with van der Waals surface area (Å²) in [6.07, 6.45) is 4.33. The van der Waals surface area contributed by atoms with Crippen LogP contribution >= 0.6 is 0 Å². The van der Waals surface area contributed by atoms with Crippen molar-refractivity contribution < 1.29 is 4.79 Å². The molecule has 0 saturated heterocycles. The Labute approximate surface area is 83.5 Å². The summed E-state index contributed by atoms with van der Waals surface area (Å²) in [6, 6.07) is 5.82. The van der Waals surface area contributed by atoms with Gasteiger partial charge in [-0.25, -0.2) is 0 Å². The zero-order chi connectivity index (χ0) is 10.0. The molecule has 0 spiro atoms. The lowest BCUT2D eigenvalue weighted by atomic mass is 10.1. The van der Waals surface area contributed by atoms with Gasteiger partial charge < -0.3 is 5.32 Å². The molecule has 0 aromatic carbocycles. The molecule has 0 atom stereocenters. The fraction of sp³-hybridized carbons (Fsp3) is 0.455. The molecule has 1 fully saturated rings. The van der Waals surface area contributed by atoms with E-state index < -0.39 is 0 Å². The number of nitrogens with zero attached hydrogens (tertiary/aromatic N) is 1. The minimum Gasteiger partial charge on any atom is -0.345 e. The van der Waals surface area contributed by atoms with Crippen LogP contribution in [0.25, 0.3) is 0 Å². The van der Waals surface area contributed by atoms with Gasteiger partial charge in [-0.05, 0) is 25.0 Å². The second kappa shape index (κ2) is 3.40. The quantitative estimate of drug-likeness (QED) is 0.786. The summed E-state index contributed by atoms with van der Waals surface area (Å²) in [5, 5.41) is 3.03. The van der Waals surface area contributed by atoms with Gasteiger partial charge in [-0.2, -0.15) is 0 Å². The molecule has 0 aliphatic heterocycles. The summed E-state index contributed by atoms with van der Waals surface area (Å²) in [4.78, 5) is 15.6. The number of pyridine rings is 1. The highest BCUT2D eigenvalue weighted by Gasteiger charge is 2.46. The summed E-state index contributed by atoms with van der Waals surface area (Å²) < 4.78 is 0. The third-order valence-corrected chi connectivity index (χ3v) is 2.61. The van der Waals surface area contributed by atoms with Gasteiger partial charge in [0.05, 0.1) is 11.2 Å². The molecule has 74 valence electrons. The van der Waals surface area contributed by atoms with Crippen LogP contribution in [-0.4, -0.2) is 10.9 Å². The first-order valence-corrected chi connectivity index (χ1v) is 4.99. The summed E-state index contributed by atoms with van der Waals surface area (Å²) in [5.41, 5.74) is 0.843. The van der Waals surface area contributed by atoms with Crippen molar-refractivity contribution in [3.8, 4) is 0 Å². The maximum absolute atomic E-state index is 11.3. The molecule has 0 radical (unpaired) electrons. The van der Waals surface area contributed by atoms with E-state index in [0.717, 1.165) is 18.5 Å². The Hall–Kier alpha value is -1.38. The highest BCUT2D eigenvalue weighted by Crippen LogP contribution is 2.44. The molecule has 1 aromatic heterocycles. The summed E-state index contributed by atoms with van der Waals surface area (Å²) in [5.74, 6) is 0.105. The number of nitrogens with one attached hydrogen (secondary N) is 1. The van der Waals surface area contributed by atoms with E-state index in [-0.39, 0.29) is 11.4 Å². The summed E-state index contributed by atoms with van der Waals surface area (Å²) in [6.45, 7) is 1.86. The third kappa shape index (κ3) is 1.62. The highest BCUT2D eigenvalue weighted by molar-refractivity contribution is 5.77. The molecule has 1 amide bonds. The van der Waals surface area contributed by atoms with E-state index in [9.17, 15) is 4.79 Å². The van der Waals surface area contributed by atoms with Crippen molar-refractivity contribution in [3.63, 3.8) is 0 Å². The second-order valence-corrected chi connectivity index (χ2v) is 3.70. The predicted molar refractivity (Wildman–Crippen MR) is 53.6 cm³/mol. The minimum atomic E-state index is -0.144. The standard InChI is InChI=1S/C11H14N2O/c1-2-10(14)13-11(6-7-11)9-5-3-4-8-12-9/h3-5,8H,2,6-7H2,1H3,(H,13,14). The topological polar surface area (TPSA) is 42.0 Å². The Kier molecular flexibility index (Phi) is 2.23. The summed E-state index contributed by atoms with van der Waals surface area (Å²) >= 11 is 0. The van der Waals surface area contributed by atoms with Gasteiger partial charge in [0.25, 0.3) is 0 Å². The molecule has 1 aromatic rings. The smallest absolute Gasteiger partial charge is 0.220 e. The van der Waals surface area contributed by atoms with Crippen molar-refractivity contribution in [2.45, 2.75) is 31.7 Å². The lowest BCUT2D eigenvalue weighted by Gasteiger charge is -2.15. The Bertz CT molecular complexity index is 330. The van der Waals surface area contributed by atoms with Crippen LogP contribution < -0.4 is 5.32 Å². The number of rotatable bonds is 3. The SMILES string of the molecule is CCC(=O)NC1(c2ccccn2)CC1. The van der Waals surface area contributed by atoms with Crippen LogP contribution in [0.1, 0.15) is 31.9 Å². The number of carbonyl (C=O) groups is 1. The van der Waals surface area contributed by atoms with Crippen molar-refractivity contribution in [2.24, 2.45) is 0 Å². The van der Waals surface area contributed by atoms with Crippen molar-refractivity contribution in [1.82, 2.24) is 10.3 Å². The molecule has 1 heterocycles. The largest absolute Gasteiger partial charge is 0.345 e. The van der Waals surface area contributed by atoms with Gasteiger partial charge in [0.2, 0.25) is 5.91 Å². The first-order chi connectivity index (χ1) is 6.77. The number of hydrogen-bond donors (Lipinski definition) is 1. The van der Waals surface area contributed by atoms with E-state index in [1.54, 1.807) is 6.20 Å².